The Kier molecular flexibility index (Phi) is 9.31. The van der Waals surface area contributed by atoms with E-state index in [9.17, 15) is 0 Å². The van der Waals surface area contributed by atoms with Crippen molar-refractivity contribution in [3.05, 3.63) is 45.1 Å². The first-order valence-corrected chi connectivity index (χ1v) is 29.2. The summed E-state index contributed by atoms with van der Waals surface area (Å²) in [6.45, 7) is 31.2. The minimum absolute atomic E-state index is 0.937. The molecule has 2 aliphatic rings. The number of hydrogen-bond donors (Lipinski definition) is 0. The van der Waals surface area contributed by atoms with Crippen molar-refractivity contribution in [2.45, 2.75) is 103 Å². The van der Waals surface area contributed by atoms with Gasteiger partial charge < -0.3 is 8.85 Å². The van der Waals surface area contributed by atoms with E-state index in [1.54, 1.807) is 20.8 Å². The Balaban J connectivity index is 2.19. The van der Waals surface area contributed by atoms with Crippen LogP contribution in [-0.2, 0) is 8.85 Å². The predicted molar refractivity (Wildman–Crippen MR) is 162 cm³/mol. The minimum atomic E-state index is -1.74. The van der Waals surface area contributed by atoms with Crippen LogP contribution in [0.5, 0.6) is 0 Å². The fourth-order valence-electron chi connectivity index (χ4n) is 5.13. The van der Waals surface area contributed by atoms with Gasteiger partial charge in [-0.15, -0.1) is 0 Å². The Hall–Kier alpha value is -0.0356. The largest absolute Gasteiger partial charge is 0.418 e. The molecule has 7 heteroatoms. The van der Waals surface area contributed by atoms with Crippen LogP contribution in [0.15, 0.2) is 45.1 Å². The Morgan fingerprint density at radius 3 is 1.12 bits per heavy atom. The van der Waals surface area contributed by atoms with Crippen LogP contribution in [0.1, 0.15) is 12.8 Å². The predicted octanol–water partition coefficient (Wildman–Crippen LogP) is 8.48. The van der Waals surface area contributed by atoms with E-state index in [4.69, 9.17) is 8.85 Å². The lowest BCUT2D eigenvalue weighted by atomic mass is 10.5. The van der Waals surface area contributed by atoms with Crippen LogP contribution in [-0.4, -0.2) is 54.1 Å². The van der Waals surface area contributed by atoms with Crippen molar-refractivity contribution in [2.75, 3.05) is 13.2 Å². The lowest BCUT2D eigenvalue weighted by molar-refractivity contribution is 0.332. The molecule has 2 nitrogen and oxygen atoms in total. The fourth-order valence-corrected chi connectivity index (χ4v) is 18.7. The number of rotatable bonds is 12. The van der Waals surface area contributed by atoms with Crippen molar-refractivity contribution in [1.82, 2.24) is 0 Å². The van der Waals surface area contributed by atoms with Crippen molar-refractivity contribution in [1.29, 1.82) is 0 Å². The molecule has 0 fully saturated rings. The SMILES string of the molecule is C[Si](C)(C)OCC[Si](C)(C)C1=CCC=C1[Si](C)(C)C1=CCC=C1[Si](C)(C)CCO[Si](C)(C)C. The zero-order chi connectivity index (χ0) is 25.3. The molecule has 0 aromatic carbocycles. The first kappa shape index (κ1) is 29.2. The molecule has 0 aliphatic heterocycles. The second kappa shape index (κ2) is 10.5. The molecule has 0 radical (unpaired) electrons. The molecule has 0 saturated heterocycles. The summed E-state index contributed by atoms with van der Waals surface area (Å²) in [6, 6.07) is 2.47. The molecular formula is C26H52O2Si5. The lowest BCUT2D eigenvalue weighted by Gasteiger charge is -2.38. The first-order chi connectivity index (χ1) is 14.9. The van der Waals surface area contributed by atoms with Crippen LogP contribution in [0.25, 0.3) is 0 Å². The van der Waals surface area contributed by atoms with E-state index in [-0.39, 0.29) is 0 Å². The van der Waals surface area contributed by atoms with Crippen molar-refractivity contribution in [2.24, 2.45) is 0 Å². The van der Waals surface area contributed by atoms with Gasteiger partial charge in [0.05, 0.1) is 16.1 Å². The van der Waals surface area contributed by atoms with E-state index in [2.05, 4.69) is 103 Å². The monoisotopic (exact) mass is 536 g/mol. The van der Waals surface area contributed by atoms with Gasteiger partial charge in [-0.1, -0.05) is 84.4 Å². The van der Waals surface area contributed by atoms with Crippen LogP contribution in [0.2, 0.25) is 90.7 Å². The van der Waals surface area contributed by atoms with Gasteiger partial charge in [-0.3, -0.25) is 0 Å². The standard InChI is InChI=1S/C26H52O2Si5/c1-29(2,3)27-19-21-31(7,8)23-15-13-17-25(23)33(11,12)26-18-14-16-24(26)32(9,10)22-20-28-30(4,5)6/h15-18H,13-14,19-22H2,1-12H3. The summed E-state index contributed by atoms with van der Waals surface area (Å²) in [5, 5.41) is 6.97. The average Bonchev–Trinajstić information content (AvgIpc) is 3.30. The number of hydrogen-bond acceptors (Lipinski definition) is 2. The highest BCUT2D eigenvalue weighted by molar-refractivity contribution is 7.00. The Labute approximate surface area is 210 Å². The van der Waals surface area contributed by atoms with E-state index in [1.807, 2.05) is 0 Å². The molecular weight excluding hydrogens is 485 g/mol. The van der Waals surface area contributed by atoms with Gasteiger partial charge in [0.1, 0.15) is 8.07 Å². The maximum Gasteiger partial charge on any atom is 0.183 e. The van der Waals surface area contributed by atoms with Crippen LogP contribution in [0, 0.1) is 0 Å². The molecule has 0 heterocycles. The molecule has 0 N–H and O–H groups in total. The molecule has 0 unspecified atom stereocenters. The van der Waals surface area contributed by atoms with Gasteiger partial charge in [0.15, 0.2) is 16.6 Å². The van der Waals surface area contributed by atoms with Gasteiger partial charge in [0.25, 0.3) is 0 Å². The van der Waals surface area contributed by atoms with Gasteiger partial charge in [0.2, 0.25) is 0 Å². The second-order valence-electron chi connectivity index (χ2n) is 13.8. The summed E-state index contributed by atoms with van der Waals surface area (Å²) < 4.78 is 12.6. The summed E-state index contributed by atoms with van der Waals surface area (Å²) in [6.07, 6.45) is 12.6. The summed E-state index contributed by atoms with van der Waals surface area (Å²) in [4.78, 5) is 0. The van der Waals surface area contributed by atoms with Crippen molar-refractivity contribution in [3.8, 4) is 0 Å². The summed E-state index contributed by atoms with van der Waals surface area (Å²) in [5.41, 5.74) is 0. The lowest BCUT2D eigenvalue weighted by Crippen LogP contribution is -2.44. The molecule has 2 aliphatic carbocycles. The zero-order valence-corrected chi connectivity index (χ0v) is 28.9. The van der Waals surface area contributed by atoms with Gasteiger partial charge in [-0.25, -0.2) is 0 Å². The molecule has 0 atom stereocenters. The van der Waals surface area contributed by atoms with Crippen LogP contribution in [0.3, 0.4) is 0 Å². The molecule has 33 heavy (non-hydrogen) atoms. The highest BCUT2D eigenvalue weighted by Gasteiger charge is 2.43. The van der Waals surface area contributed by atoms with Crippen LogP contribution in [0.4, 0.5) is 0 Å². The van der Waals surface area contributed by atoms with Gasteiger partial charge in [-0.2, -0.15) is 0 Å². The van der Waals surface area contributed by atoms with E-state index >= 15 is 0 Å². The van der Waals surface area contributed by atoms with E-state index in [0.29, 0.717) is 0 Å². The third-order valence-corrected chi connectivity index (χ3v) is 20.2. The maximum atomic E-state index is 6.28. The minimum Gasteiger partial charge on any atom is -0.418 e. The highest BCUT2D eigenvalue weighted by atomic mass is 28.4. The van der Waals surface area contributed by atoms with Gasteiger partial charge in [-0.05, 0) is 64.2 Å². The Morgan fingerprint density at radius 1 is 0.515 bits per heavy atom. The smallest absolute Gasteiger partial charge is 0.183 e. The van der Waals surface area contributed by atoms with Crippen LogP contribution < -0.4 is 0 Å². The summed E-state index contributed by atoms with van der Waals surface area (Å²) in [7, 11) is -7.70. The van der Waals surface area contributed by atoms with Crippen molar-refractivity contribution >= 4 is 40.9 Å². The summed E-state index contributed by atoms with van der Waals surface area (Å²) in [5.74, 6) is 0. The molecule has 0 aromatic rings. The third kappa shape index (κ3) is 7.98. The zero-order valence-electron chi connectivity index (χ0n) is 23.9. The fraction of sp³-hybridized carbons (Fsp3) is 0.692. The van der Waals surface area contributed by atoms with Gasteiger partial charge in [0, 0.05) is 13.2 Å². The Bertz CT molecular complexity index is 766. The van der Waals surface area contributed by atoms with E-state index in [0.717, 1.165) is 26.1 Å². The Morgan fingerprint density at radius 2 is 0.818 bits per heavy atom. The average molecular weight is 537 g/mol. The molecule has 0 saturated carbocycles. The van der Waals surface area contributed by atoms with Crippen molar-refractivity contribution in [3.63, 3.8) is 0 Å². The molecule has 0 aromatic heterocycles. The first-order valence-electron chi connectivity index (χ1n) is 13.0. The second-order valence-corrected chi connectivity index (χ2v) is 36.7. The molecule has 0 spiro atoms. The van der Waals surface area contributed by atoms with E-state index < -0.39 is 40.9 Å². The topological polar surface area (TPSA) is 18.5 Å². The normalized spacial score (nSPS) is 18.3. The number of allylic oxidation sites excluding steroid dienone is 8. The molecule has 0 amide bonds. The summed E-state index contributed by atoms with van der Waals surface area (Å²) >= 11 is 0. The van der Waals surface area contributed by atoms with Crippen LogP contribution >= 0.6 is 0 Å². The van der Waals surface area contributed by atoms with Crippen molar-refractivity contribution < 1.29 is 8.85 Å². The molecule has 2 rings (SSSR count). The quantitative estimate of drug-likeness (QED) is 0.233. The molecule has 0 bridgehead atoms. The highest BCUT2D eigenvalue weighted by Crippen LogP contribution is 2.44. The maximum absolute atomic E-state index is 6.28. The van der Waals surface area contributed by atoms with E-state index in [1.165, 1.54) is 12.1 Å². The molecule has 188 valence electrons. The third-order valence-electron chi connectivity index (χ3n) is 7.20. The van der Waals surface area contributed by atoms with Gasteiger partial charge >= 0.3 is 0 Å².